The average Bonchev–Trinajstić information content (AvgIpc) is 2.68. The first-order valence-corrected chi connectivity index (χ1v) is 8.73. The predicted octanol–water partition coefficient (Wildman–Crippen LogP) is 0.0775. The third-order valence-electron chi connectivity index (χ3n) is 4.97. The summed E-state index contributed by atoms with van der Waals surface area (Å²) in [7, 11) is 0. The number of carbonyl (C=O) groups is 2. The van der Waals surface area contributed by atoms with E-state index in [1.54, 1.807) is 24.3 Å². The Morgan fingerprint density at radius 1 is 1.19 bits per heavy atom. The van der Waals surface area contributed by atoms with Crippen molar-refractivity contribution in [1.82, 2.24) is 15.1 Å². The van der Waals surface area contributed by atoms with Crippen LogP contribution in [0.5, 0.6) is 0 Å². The van der Waals surface area contributed by atoms with E-state index >= 15 is 0 Å². The Morgan fingerprint density at radius 3 is 2.52 bits per heavy atom. The van der Waals surface area contributed by atoms with Crippen molar-refractivity contribution in [1.29, 1.82) is 0 Å². The summed E-state index contributed by atoms with van der Waals surface area (Å²) >= 11 is 0. The van der Waals surface area contributed by atoms with Crippen molar-refractivity contribution in [3.63, 3.8) is 0 Å². The molecule has 9 nitrogen and oxygen atoms in total. The lowest BCUT2D eigenvalue weighted by molar-refractivity contribution is -0.154. The van der Waals surface area contributed by atoms with Crippen molar-refractivity contribution < 1.29 is 19.4 Å². The molecule has 144 valence electrons. The molecule has 3 N–H and O–H groups in total. The molecule has 2 aromatic rings. The smallest absolute Gasteiger partial charge is 0.311 e. The molecule has 0 atom stereocenters. The molecular weight excluding hydrogens is 354 g/mol. The molecule has 1 aromatic heterocycles. The van der Waals surface area contributed by atoms with Crippen LogP contribution in [0.1, 0.15) is 19.3 Å². The van der Waals surface area contributed by atoms with E-state index in [0.29, 0.717) is 31.4 Å². The highest BCUT2D eigenvalue weighted by molar-refractivity contribution is 5.80. The summed E-state index contributed by atoms with van der Waals surface area (Å²) in [4.78, 5) is 48.2. The second-order valence-electron chi connectivity index (χ2n) is 6.67. The van der Waals surface area contributed by atoms with E-state index in [-0.39, 0.29) is 36.4 Å². The van der Waals surface area contributed by atoms with E-state index in [0.717, 1.165) is 4.68 Å². The number of aromatic amines is 1. The predicted molar refractivity (Wildman–Crippen MR) is 96.6 cm³/mol. The van der Waals surface area contributed by atoms with Crippen LogP contribution in [0.3, 0.4) is 0 Å². The van der Waals surface area contributed by atoms with E-state index in [4.69, 9.17) is 4.74 Å². The Hall–Kier alpha value is -2.94. The van der Waals surface area contributed by atoms with Crippen LogP contribution in [-0.2, 0) is 20.9 Å². The number of aromatic nitrogens is 2. The van der Waals surface area contributed by atoms with Gasteiger partial charge in [0.25, 0.3) is 11.1 Å². The number of carbonyl (C=O) groups excluding carboxylic acids is 1. The zero-order valence-electron chi connectivity index (χ0n) is 14.7. The largest absolute Gasteiger partial charge is 0.481 e. The highest BCUT2D eigenvalue weighted by atomic mass is 16.5. The number of ether oxygens (including phenoxy) is 1. The number of carboxylic acids is 1. The Labute approximate surface area is 153 Å². The van der Waals surface area contributed by atoms with E-state index in [1.807, 2.05) is 0 Å². The molecule has 27 heavy (non-hydrogen) atoms. The summed E-state index contributed by atoms with van der Waals surface area (Å²) < 4.78 is 6.30. The summed E-state index contributed by atoms with van der Waals surface area (Å²) in [6.07, 6.45) is 0.612. The highest BCUT2D eigenvalue weighted by Crippen LogP contribution is 2.30. The summed E-state index contributed by atoms with van der Waals surface area (Å²) in [6.45, 7) is 0.688. The Morgan fingerprint density at radius 2 is 1.85 bits per heavy atom. The van der Waals surface area contributed by atoms with E-state index < -0.39 is 16.9 Å². The number of fused-ring (bicyclic) bond motifs is 1. The van der Waals surface area contributed by atoms with E-state index in [9.17, 15) is 24.3 Å². The molecule has 9 heteroatoms. The van der Waals surface area contributed by atoms with Crippen LogP contribution in [-0.4, -0.2) is 46.5 Å². The molecule has 0 spiro atoms. The second-order valence-corrected chi connectivity index (χ2v) is 6.67. The quantitative estimate of drug-likeness (QED) is 0.655. The molecule has 3 rings (SSSR count). The molecule has 1 aliphatic heterocycles. The lowest BCUT2D eigenvalue weighted by Crippen LogP contribution is -2.46. The van der Waals surface area contributed by atoms with E-state index in [1.165, 1.54) is 0 Å². The van der Waals surface area contributed by atoms with Gasteiger partial charge in [0.1, 0.15) is 0 Å². The molecule has 1 amide bonds. The molecule has 1 aliphatic rings. The van der Waals surface area contributed by atoms with Gasteiger partial charge in [0.15, 0.2) is 0 Å². The maximum atomic E-state index is 12.4. The van der Waals surface area contributed by atoms with Gasteiger partial charge >= 0.3 is 5.97 Å². The number of benzene rings is 1. The maximum Gasteiger partial charge on any atom is 0.311 e. The third-order valence-corrected chi connectivity index (χ3v) is 4.97. The summed E-state index contributed by atoms with van der Waals surface area (Å²) in [6, 6.07) is 6.46. The normalized spacial score (nSPS) is 16.1. The van der Waals surface area contributed by atoms with Crippen LogP contribution in [0.25, 0.3) is 10.8 Å². The fraction of sp³-hybridized carbons (Fsp3) is 0.444. The maximum absolute atomic E-state index is 12.4. The summed E-state index contributed by atoms with van der Waals surface area (Å²) in [5, 5.41) is 15.2. The Balaban J connectivity index is 1.65. The van der Waals surface area contributed by atoms with Crippen LogP contribution in [0, 0.1) is 5.41 Å². The van der Waals surface area contributed by atoms with Crippen LogP contribution in [0.15, 0.2) is 33.9 Å². The van der Waals surface area contributed by atoms with Crippen molar-refractivity contribution in [3.05, 3.63) is 45.0 Å². The van der Waals surface area contributed by atoms with Gasteiger partial charge in [0, 0.05) is 26.2 Å². The topological polar surface area (TPSA) is 130 Å². The number of aliphatic carboxylic acids is 1. The van der Waals surface area contributed by atoms with Crippen LogP contribution in [0.4, 0.5) is 0 Å². The number of amides is 1. The fourth-order valence-corrected chi connectivity index (χ4v) is 3.20. The molecular formula is C18H21N3O6. The molecule has 0 saturated carbocycles. The SMILES string of the molecule is O=C(CCn1[nH]c(=O)c2ccccc2c1=O)NCC1(C(=O)O)CCOCC1. The zero-order chi connectivity index (χ0) is 19.4. The number of hydrogen-bond acceptors (Lipinski definition) is 5. The van der Waals surface area contributed by atoms with Crippen LogP contribution in [0.2, 0.25) is 0 Å². The number of nitrogens with zero attached hydrogens (tertiary/aromatic N) is 1. The molecule has 1 fully saturated rings. The van der Waals surface area contributed by atoms with Crippen molar-refractivity contribution in [3.8, 4) is 0 Å². The Bertz CT molecular complexity index is 971. The van der Waals surface area contributed by atoms with Gasteiger partial charge in [0.05, 0.1) is 22.7 Å². The van der Waals surface area contributed by atoms with Gasteiger partial charge < -0.3 is 15.2 Å². The number of H-pyrrole nitrogens is 1. The molecule has 1 saturated heterocycles. The number of nitrogens with one attached hydrogen (secondary N) is 2. The summed E-state index contributed by atoms with van der Waals surface area (Å²) in [5.41, 5.74) is -1.82. The van der Waals surface area contributed by atoms with Crippen LogP contribution < -0.4 is 16.4 Å². The lowest BCUT2D eigenvalue weighted by Gasteiger charge is -2.33. The van der Waals surface area contributed by atoms with Crippen molar-refractivity contribution in [2.45, 2.75) is 25.8 Å². The summed E-state index contributed by atoms with van der Waals surface area (Å²) in [5.74, 6) is -1.34. The lowest BCUT2D eigenvalue weighted by atomic mass is 9.80. The molecule has 0 bridgehead atoms. The number of aryl methyl sites for hydroxylation is 1. The van der Waals surface area contributed by atoms with Gasteiger partial charge in [-0.25, -0.2) is 4.68 Å². The van der Waals surface area contributed by atoms with Crippen molar-refractivity contribution in [2.75, 3.05) is 19.8 Å². The van der Waals surface area contributed by atoms with Gasteiger partial charge in [-0.05, 0) is 25.0 Å². The van der Waals surface area contributed by atoms with Gasteiger partial charge in [-0.1, -0.05) is 12.1 Å². The minimum atomic E-state index is -1.03. The first kappa shape index (κ1) is 18.8. The monoisotopic (exact) mass is 375 g/mol. The van der Waals surface area contributed by atoms with Gasteiger partial charge in [0.2, 0.25) is 5.91 Å². The van der Waals surface area contributed by atoms with Gasteiger partial charge in [-0.3, -0.25) is 24.3 Å². The number of hydrogen-bond donors (Lipinski definition) is 3. The Kier molecular flexibility index (Phi) is 5.41. The van der Waals surface area contributed by atoms with Crippen molar-refractivity contribution in [2.24, 2.45) is 5.41 Å². The molecule has 0 unspecified atom stereocenters. The second kappa shape index (κ2) is 7.75. The minimum absolute atomic E-state index is 0.00603. The third kappa shape index (κ3) is 3.92. The average molecular weight is 375 g/mol. The molecule has 0 aliphatic carbocycles. The zero-order valence-corrected chi connectivity index (χ0v) is 14.7. The van der Waals surface area contributed by atoms with Crippen molar-refractivity contribution >= 4 is 22.6 Å². The number of carboxylic acid groups (broad SMARTS) is 1. The standard InChI is InChI=1S/C18H21N3O6/c22-14(19-11-18(17(25)26)6-9-27-10-7-18)5-8-21-16(24)13-4-2-1-3-12(13)15(23)20-21/h1-4H,5-11H2,(H,19,22)(H,20,23)(H,25,26). The number of rotatable bonds is 6. The van der Waals surface area contributed by atoms with Crippen LogP contribution >= 0.6 is 0 Å². The highest BCUT2D eigenvalue weighted by Gasteiger charge is 2.40. The van der Waals surface area contributed by atoms with Gasteiger partial charge in [-0.15, -0.1) is 0 Å². The van der Waals surface area contributed by atoms with Gasteiger partial charge in [-0.2, -0.15) is 0 Å². The van der Waals surface area contributed by atoms with E-state index in [2.05, 4.69) is 10.4 Å². The molecule has 2 heterocycles. The fourth-order valence-electron chi connectivity index (χ4n) is 3.20. The first-order valence-electron chi connectivity index (χ1n) is 8.73. The first-order chi connectivity index (χ1) is 12.9. The molecule has 0 radical (unpaired) electrons. The minimum Gasteiger partial charge on any atom is -0.481 e. The molecule has 1 aromatic carbocycles.